The maximum Gasteiger partial charge on any atom is 0.229 e. The standard InChI is InChI=1S/C23H36N2O6/c1-11(23(27)28)31-12-4-6-16-15(10-12)13-8-9-24-19-14-5-7-17(29-2)21(30-3)18(14)22(26)25(16)20(13)19/h11-21,24H,4-10H2,1-3H3,(H,27,28). The molecule has 3 aliphatic heterocycles. The number of rotatable bonds is 5. The van der Waals surface area contributed by atoms with E-state index in [1.54, 1.807) is 21.1 Å². The highest BCUT2D eigenvalue weighted by Gasteiger charge is 2.66. The first kappa shape index (κ1) is 21.6. The number of carbonyl (C=O) groups excluding carboxylic acids is 2. The molecule has 5 rings (SSSR count). The van der Waals surface area contributed by atoms with Crippen LogP contribution in [0.4, 0.5) is 0 Å². The summed E-state index contributed by atoms with van der Waals surface area (Å²) in [7, 11) is 3.43. The summed E-state index contributed by atoms with van der Waals surface area (Å²) in [6.45, 7) is 2.64. The van der Waals surface area contributed by atoms with Crippen LogP contribution in [0.2, 0.25) is 0 Å². The summed E-state index contributed by atoms with van der Waals surface area (Å²) < 4.78 is 17.4. The number of carbonyl (C=O) groups is 2. The molecule has 0 aromatic rings. The number of aliphatic carboxylic acids is 1. The van der Waals surface area contributed by atoms with E-state index in [9.17, 15) is 14.7 Å². The Morgan fingerprint density at radius 2 is 1.90 bits per heavy atom. The third-order valence-electron chi connectivity index (χ3n) is 9.12. The number of ether oxygens (including phenoxy) is 3. The molecular formula is C23H36N2O6. The second kappa shape index (κ2) is 8.28. The van der Waals surface area contributed by atoms with Crippen molar-refractivity contribution in [2.75, 3.05) is 20.8 Å². The summed E-state index contributed by atoms with van der Waals surface area (Å²) in [5.74, 6) is 0.169. The van der Waals surface area contributed by atoms with E-state index in [1.165, 1.54) is 0 Å². The fraction of sp³-hybridized carbons (Fsp3) is 0.913. The summed E-state index contributed by atoms with van der Waals surface area (Å²) in [4.78, 5) is 27.4. The predicted octanol–water partition coefficient (Wildman–Crippen LogP) is -1.09. The number of quaternary nitrogens is 1. The molecule has 174 valence electrons. The van der Waals surface area contributed by atoms with Gasteiger partial charge in [-0.3, -0.25) is 4.79 Å². The summed E-state index contributed by atoms with van der Waals surface area (Å²) in [5, 5.41) is 13.6. The van der Waals surface area contributed by atoms with Crippen molar-refractivity contribution in [3.63, 3.8) is 0 Å². The molecule has 2 aliphatic carbocycles. The molecule has 0 radical (unpaired) electrons. The lowest BCUT2D eigenvalue weighted by Gasteiger charge is -2.53. The Kier molecular flexibility index (Phi) is 5.78. The summed E-state index contributed by atoms with van der Waals surface area (Å²) >= 11 is 0. The van der Waals surface area contributed by atoms with Crippen LogP contribution in [-0.4, -0.2) is 80.1 Å². The van der Waals surface area contributed by atoms with Crippen LogP contribution in [0.5, 0.6) is 0 Å². The lowest BCUT2D eigenvalue weighted by atomic mass is 9.64. The minimum absolute atomic E-state index is 0.0280. The Bertz CT molecular complexity index is 718. The Hall–Kier alpha value is -1.22. The third-order valence-corrected chi connectivity index (χ3v) is 9.12. The van der Waals surface area contributed by atoms with Crippen LogP contribution in [0.1, 0.15) is 45.4 Å². The van der Waals surface area contributed by atoms with Gasteiger partial charge in [-0.25, -0.2) is 0 Å². The number of carboxylic acids is 1. The number of nitrogens with zero attached hydrogens (tertiary/aromatic N) is 1. The van der Waals surface area contributed by atoms with E-state index in [2.05, 4.69) is 10.2 Å². The first-order chi connectivity index (χ1) is 15.0. The minimum Gasteiger partial charge on any atom is -0.547 e. The fourth-order valence-electron chi connectivity index (χ4n) is 7.97. The number of nitrogens with two attached hydrogens (primary N) is 1. The maximum absolute atomic E-state index is 14.0. The topological polar surface area (TPSA) is 105 Å². The largest absolute Gasteiger partial charge is 0.547 e. The van der Waals surface area contributed by atoms with Crippen LogP contribution in [0.25, 0.3) is 0 Å². The van der Waals surface area contributed by atoms with Crippen molar-refractivity contribution in [1.82, 2.24) is 4.90 Å². The van der Waals surface area contributed by atoms with Crippen LogP contribution < -0.4 is 10.4 Å². The number of piperidine rings is 2. The molecule has 8 heteroatoms. The lowest BCUT2D eigenvalue weighted by molar-refractivity contribution is -0.713. The second-order valence-electron chi connectivity index (χ2n) is 10.3. The minimum atomic E-state index is -1.16. The van der Waals surface area contributed by atoms with Crippen molar-refractivity contribution in [3.8, 4) is 0 Å². The normalized spacial score (nSPS) is 47.3. The summed E-state index contributed by atoms with van der Waals surface area (Å²) in [6.07, 6.45) is 4.39. The van der Waals surface area contributed by atoms with Gasteiger partial charge in [0.2, 0.25) is 5.91 Å². The molecule has 0 bridgehead atoms. The molecule has 2 N–H and O–H groups in total. The Morgan fingerprint density at radius 1 is 1.10 bits per heavy atom. The highest BCUT2D eigenvalue weighted by Crippen LogP contribution is 2.53. The summed E-state index contributed by atoms with van der Waals surface area (Å²) in [5.41, 5.74) is 0. The molecule has 0 spiro atoms. The molecule has 3 heterocycles. The first-order valence-electron chi connectivity index (χ1n) is 12.0. The van der Waals surface area contributed by atoms with Crippen LogP contribution in [0.15, 0.2) is 0 Å². The molecule has 2 saturated carbocycles. The average molecular weight is 437 g/mol. The zero-order valence-corrected chi connectivity index (χ0v) is 18.8. The van der Waals surface area contributed by atoms with E-state index in [1.807, 2.05) is 0 Å². The van der Waals surface area contributed by atoms with Gasteiger partial charge in [0, 0.05) is 32.6 Å². The van der Waals surface area contributed by atoms with Gasteiger partial charge in [0.05, 0.1) is 48.9 Å². The van der Waals surface area contributed by atoms with Crippen molar-refractivity contribution in [2.24, 2.45) is 23.7 Å². The summed E-state index contributed by atoms with van der Waals surface area (Å²) in [6, 6.07) is 0.936. The van der Waals surface area contributed by atoms with Gasteiger partial charge < -0.3 is 34.3 Å². The highest BCUT2D eigenvalue weighted by atomic mass is 16.5. The molecule has 11 unspecified atom stereocenters. The van der Waals surface area contributed by atoms with Crippen molar-refractivity contribution in [1.29, 1.82) is 0 Å². The Morgan fingerprint density at radius 3 is 2.61 bits per heavy atom. The molecule has 5 aliphatic rings. The lowest BCUT2D eigenvalue weighted by Crippen LogP contribution is -2.99. The van der Waals surface area contributed by atoms with Gasteiger partial charge in [-0.1, -0.05) is 0 Å². The van der Waals surface area contributed by atoms with Gasteiger partial charge >= 0.3 is 0 Å². The predicted molar refractivity (Wildman–Crippen MR) is 108 cm³/mol. The Labute approximate surface area is 184 Å². The molecule has 5 fully saturated rings. The van der Waals surface area contributed by atoms with E-state index >= 15 is 0 Å². The number of hydrogen-bond acceptors (Lipinski definition) is 6. The van der Waals surface area contributed by atoms with Gasteiger partial charge in [0.25, 0.3) is 0 Å². The number of carboxylic acid groups (broad SMARTS) is 1. The highest BCUT2D eigenvalue weighted by molar-refractivity contribution is 5.82. The van der Waals surface area contributed by atoms with Gasteiger partial charge in [-0.2, -0.15) is 0 Å². The zero-order chi connectivity index (χ0) is 21.9. The molecule has 31 heavy (non-hydrogen) atoms. The van der Waals surface area contributed by atoms with E-state index in [0.717, 1.165) is 45.1 Å². The number of hydrogen-bond donors (Lipinski definition) is 1. The second-order valence-corrected chi connectivity index (χ2v) is 10.3. The van der Waals surface area contributed by atoms with Crippen LogP contribution in [-0.2, 0) is 23.8 Å². The number of methoxy groups -OCH3 is 2. The van der Waals surface area contributed by atoms with E-state index in [-0.39, 0.29) is 42.2 Å². The van der Waals surface area contributed by atoms with Gasteiger partial charge in [-0.05, 0) is 50.9 Å². The number of fused-ring (bicyclic) bond motifs is 5. The molecule has 0 aromatic carbocycles. The average Bonchev–Trinajstić information content (AvgIpc) is 3.11. The van der Waals surface area contributed by atoms with Gasteiger partial charge in [0.1, 0.15) is 6.04 Å². The monoisotopic (exact) mass is 436 g/mol. The molecule has 0 aromatic heterocycles. The Balaban J connectivity index is 1.42. The van der Waals surface area contributed by atoms with Gasteiger partial charge in [-0.15, -0.1) is 0 Å². The van der Waals surface area contributed by atoms with Crippen LogP contribution in [0.3, 0.4) is 0 Å². The molecular weight excluding hydrogens is 400 g/mol. The molecule has 1 amide bonds. The van der Waals surface area contributed by atoms with Crippen LogP contribution in [0, 0.1) is 23.7 Å². The zero-order valence-electron chi connectivity index (χ0n) is 18.8. The van der Waals surface area contributed by atoms with E-state index in [4.69, 9.17) is 14.2 Å². The maximum atomic E-state index is 14.0. The smallest absolute Gasteiger partial charge is 0.229 e. The fourth-order valence-corrected chi connectivity index (χ4v) is 7.97. The molecule has 8 nitrogen and oxygen atoms in total. The molecule has 3 saturated heterocycles. The van der Waals surface area contributed by atoms with Crippen LogP contribution >= 0.6 is 0 Å². The molecule has 11 atom stereocenters. The third kappa shape index (κ3) is 3.33. The van der Waals surface area contributed by atoms with Crippen molar-refractivity contribution in [3.05, 3.63) is 0 Å². The quantitative estimate of drug-likeness (QED) is 0.587. The van der Waals surface area contributed by atoms with E-state index in [0.29, 0.717) is 23.8 Å². The SMILES string of the molecule is COC1CCC2C3[NH2+]CCC4C5CC(OC(C)C(=O)[O-])CCC5N(C(=O)C2C1OC)C43. The van der Waals surface area contributed by atoms with Gasteiger partial charge in [0.15, 0.2) is 0 Å². The van der Waals surface area contributed by atoms with Crippen molar-refractivity contribution in [2.45, 2.75) is 88.0 Å². The van der Waals surface area contributed by atoms with Crippen molar-refractivity contribution >= 4 is 11.9 Å². The van der Waals surface area contributed by atoms with Crippen molar-refractivity contribution < 1.29 is 34.2 Å². The van der Waals surface area contributed by atoms with E-state index < -0.39 is 12.1 Å². The first-order valence-corrected chi connectivity index (χ1v) is 12.0. The number of amides is 1.